The number of tetrazole rings is 1. The summed E-state index contributed by atoms with van der Waals surface area (Å²) in [7, 11) is 0. The van der Waals surface area contributed by atoms with Gasteiger partial charge in [-0.1, -0.05) is 27.6 Å². The first kappa shape index (κ1) is 13.7. The molecule has 0 aliphatic rings. The van der Waals surface area contributed by atoms with Crippen LogP contribution in [0.3, 0.4) is 0 Å². The van der Waals surface area contributed by atoms with Crippen molar-refractivity contribution in [2.24, 2.45) is 0 Å². The van der Waals surface area contributed by atoms with Crippen molar-refractivity contribution in [2.75, 3.05) is 0 Å². The molecule has 0 spiro atoms. The van der Waals surface area contributed by atoms with Gasteiger partial charge in [-0.25, -0.2) is 4.68 Å². The zero-order valence-corrected chi connectivity index (χ0v) is 12.1. The second-order valence-electron chi connectivity index (χ2n) is 4.38. The molecular weight excluding hydrogens is 312 g/mol. The Morgan fingerprint density at radius 2 is 2.26 bits per heavy atom. The minimum Gasteiger partial charge on any atom is -0.481 e. The van der Waals surface area contributed by atoms with Crippen molar-refractivity contribution >= 4 is 21.9 Å². The number of halogens is 1. The van der Waals surface area contributed by atoms with E-state index in [2.05, 4.69) is 31.5 Å². The second kappa shape index (κ2) is 5.48. The predicted octanol–water partition coefficient (Wildman–Crippen LogP) is 2.45. The van der Waals surface area contributed by atoms with E-state index in [9.17, 15) is 4.79 Å². The first-order valence-corrected chi connectivity index (χ1v) is 6.54. The van der Waals surface area contributed by atoms with Gasteiger partial charge in [-0.2, -0.15) is 0 Å². The summed E-state index contributed by atoms with van der Waals surface area (Å²) in [5.74, 6) is -0.318. The van der Waals surface area contributed by atoms with Crippen molar-refractivity contribution in [2.45, 2.75) is 26.3 Å². The van der Waals surface area contributed by atoms with Gasteiger partial charge in [-0.3, -0.25) is 4.79 Å². The predicted molar refractivity (Wildman–Crippen MR) is 72.7 cm³/mol. The standard InChI is InChI=1S/C12H13BrN4O2/c1-7-3-4-10(13)9(5-7)12-14-15-16-17(12)8(2)6-11(18)19/h3-5,8H,6H2,1-2H3,(H,18,19). The first-order valence-electron chi connectivity index (χ1n) is 5.75. The van der Waals surface area contributed by atoms with Gasteiger partial charge in [0.05, 0.1) is 12.5 Å². The van der Waals surface area contributed by atoms with Gasteiger partial charge < -0.3 is 5.11 Å². The summed E-state index contributed by atoms with van der Waals surface area (Å²) in [5, 5.41) is 20.4. The second-order valence-corrected chi connectivity index (χ2v) is 5.23. The van der Waals surface area contributed by atoms with Crippen LogP contribution in [0.2, 0.25) is 0 Å². The maximum atomic E-state index is 10.8. The third kappa shape index (κ3) is 2.98. The van der Waals surface area contributed by atoms with Crippen LogP contribution in [0.1, 0.15) is 24.9 Å². The van der Waals surface area contributed by atoms with E-state index in [1.165, 1.54) is 4.68 Å². The molecule has 1 unspecified atom stereocenters. The lowest BCUT2D eigenvalue weighted by atomic mass is 10.1. The minimum atomic E-state index is -0.878. The molecule has 2 rings (SSSR count). The highest BCUT2D eigenvalue weighted by atomic mass is 79.9. The van der Waals surface area contributed by atoms with E-state index in [-0.39, 0.29) is 12.5 Å². The van der Waals surface area contributed by atoms with E-state index in [1.54, 1.807) is 6.92 Å². The van der Waals surface area contributed by atoms with Crippen molar-refractivity contribution in [1.29, 1.82) is 0 Å². The molecule has 1 N–H and O–H groups in total. The summed E-state index contributed by atoms with van der Waals surface area (Å²) in [6.45, 7) is 3.75. The number of aromatic nitrogens is 4. The average molecular weight is 325 g/mol. The Bertz CT molecular complexity index is 612. The van der Waals surface area contributed by atoms with Crippen LogP contribution in [-0.4, -0.2) is 31.3 Å². The van der Waals surface area contributed by atoms with Crippen molar-refractivity contribution < 1.29 is 9.90 Å². The number of benzene rings is 1. The molecule has 100 valence electrons. The summed E-state index contributed by atoms with van der Waals surface area (Å²) < 4.78 is 2.41. The summed E-state index contributed by atoms with van der Waals surface area (Å²) >= 11 is 3.46. The summed E-state index contributed by atoms with van der Waals surface area (Å²) in [4.78, 5) is 10.8. The normalized spacial score (nSPS) is 12.4. The molecule has 7 heteroatoms. The topological polar surface area (TPSA) is 80.9 Å². The zero-order chi connectivity index (χ0) is 14.0. The molecule has 1 aromatic heterocycles. The van der Waals surface area contributed by atoms with E-state index in [0.29, 0.717) is 5.82 Å². The molecule has 0 bridgehead atoms. The number of hydrogen-bond acceptors (Lipinski definition) is 4. The van der Waals surface area contributed by atoms with Crippen LogP contribution in [-0.2, 0) is 4.79 Å². The largest absolute Gasteiger partial charge is 0.481 e. The Kier molecular flexibility index (Phi) is 3.94. The lowest BCUT2D eigenvalue weighted by Crippen LogP contribution is -2.13. The van der Waals surface area contributed by atoms with E-state index in [4.69, 9.17) is 5.11 Å². The van der Waals surface area contributed by atoms with E-state index in [1.807, 2.05) is 25.1 Å². The van der Waals surface area contributed by atoms with Crippen molar-refractivity contribution in [3.63, 3.8) is 0 Å². The first-order chi connectivity index (χ1) is 8.99. The van der Waals surface area contributed by atoms with Gasteiger partial charge in [0.1, 0.15) is 0 Å². The van der Waals surface area contributed by atoms with Crippen molar-refractivity contribution in [3.8, 4) is 11.4 Å². The molecule has 0 radical (unpaired) electrons. The van der Waals surface area contributed by atoms with Gasteiger partial charge in [0.2, 0.25) is 0 Å². The van der Waals surface area contributed by atoms with Gasteiger partial charge in [-0.15, -0.1) is 5.10 Å². The van der Waals surface area contributed by atoms with Crippen LogP contribution >= 0.6 is 15.9 Å². The Morgan fingerprint density at radius 1 is 1.53 bits per heavy atom. The molecule has 19 heavy (non-hydrogen) atoms. The SMILES string of the molecule is Cc1ccc(Br)c(-c2nnnn2C(C)CC(=O)O)c1. The lowest BCUT2D eigenvalue weighted by molar-refractivity contribution is -0.137. The summed E-state index contributed by atoms with van der Waals surface area (Å²) in [6.07, 6.45) is -0.0263. The molecule has 0 fully saturated rings. The number of aryl methyl sites for hydroxylation is 1. The number of carbonyl (C=O) groups is 1. The van der Waals surface area contributed by atoms with Crippen LogP contribution in [0.4, 0.5) is 0 Å². The van der Waals surface area contributed by atoms with Gasteiger partial charge in [0, 0.05) is 10.0 Å². The van der Waals surface area contributed by atoms with E-state index < -0.39 is 5.97 Å². The maximum absolute atomic E-state index is 10.8. The Labute approximate surface area is 118 Å². The number of nitrogens with zero attached hydrogens (tertiary/aromatic N) is 4. The molecule has 0 aliphatic heterocycles. The van der Waals surface area contributed by atoms with E-state index >= 15 is 0 Å². The Balaban J connectivity index is 2.44. The number of aliphatic carboxylic acids is 1. The fraction of sp³-hybridized carbons (Fsp3) is 0.333. The third-order valence-corrected chi connectivity index (χ3v) is 3.43. The molecule has 1 atom stereocenters. The maximum Gasteiger partial charge on any atom is 0.305 e. The Morgan fingerprint density at radius 3 is 2.95 bits per heavy atom. The van der Waals surface area contributed by atoms with E-state index in [0.717, 1.165) is 15.6 Å². The highest BCUT2D eigenvalue weighted by Gasteiger charge is 2.18. The van der Waals surface area contributed by atoms with Crippen molar-refractivity contribution in [3.05, 3.63) is 28.2 Å². The molecule has 0 amide bonds. The van der Waals surface area contributed by atoms with Gasteiger partial charge in [0.25, 0.3) is 0 Å². The highest BCUT2D eigenvalue weighted by molar-refractivity contribution is 9.10. The minimum absolute atomic E-state index is 0.0263. The third-order valence-electron chi connectivity index (χ3n) is 2.74. The van der Waals surface area contributed by atoms with Crippen LogP contribution in [0.5, 0.6) is 0 Å². The average Bonchev–Trinajstić information content (AvgIpc) is 2.80. The Hall–Kier alpha value is -1.76. The summed E-state index contributed by atoms with van der Waals surface area (Å²) in [6, 6.07) is 5.54. The number of carboxylic acid groups (broad SMARTS) is 1. The quantitative estimate of drug-likeness (QED) is 0.934. The lowest BCUT2D eigenvalue weighted by Gasteiger charge is -2.12. The number of carboxylic acids is 1. The highest BCUT2D eigenvalue weighted by Crippen LogP contribution is 2.29. The molecule has 1 aromatic carbocycles. The van der Waals surface area contributed by atoms with Crippen LogP contribution in [0.25, 0.3) is 11.4 Å². The van der Waals surface area contributed by atoms with Gasteiger partial charge >= 0.3 is 5.97 Å². The molecule has 6 nitrogen and oxygen atoms in total. The van der Waals surface area contributed by atoms with Gasteiger partial charge in [0.15, 0.2) is 5.82 Å². The van der Waals surface area contributed by atoms with Gasteiger partial charge in [-0.05, 0) is 36.4 Å². The monoisotopic (exact) mass is 324 g/mol. The molecule has 1 heterocycles. The molecule has 0 saturated carbocycles. The fourth-order valence-corrected chi connectivity index (χ4v) is 2.24. The molecule has 0 aliphatic carbocycles. The smallest absolute Gasteiger partial charge is 0.305 e. The zero-order valence-electron chi connectivity index (χ0n) is 10.5. The molecule has 0 saturated heterocycles. The van der Waals surface area contributed by atoms with Crippen LogP contribution in [0, 0.1) is 6.92 Å². The van der Waals surface area contributed by atoms with Crippen molar-refractivity contribution in [1.82, 2.24) is 20.2 Å². The molecular formula is C12H13BrN4O2. The number of rotatable bonds is 4. The number of hydrogen-bond donors (Lipinski definition) is 1. The fourth-order valence-electron chi connectivity index (χ4n) is 1.82. The van der Waals surface area contributed by atoms with Crippen LogP contribution in [0.15, 0.2) is 22.7 Å². The molecule has 2 aromatic rings. The van der Waals surface area contributed by atoms with Crippen LogP contribution < -0.4 is 0 Å². The summed E-state index contributed by atoms with van der Waals surface area (Å²) in [5.41, 5.74) is 1.93.